The van der Waals surface area contributed by atoms with Gasteiger partial charge in [0.25, 0.3) is 0 Å². The van der Waals surface area contributed by atoms with Crippen LogP contribution in [0, 0.1) is 0 Å². The van der Waals surface area contributed by atoms with E-state index in [-0.39, 0.29) is 5.54 Å². The molecule has 1 aromatic rings. The molecule has 1 unspecified atom stereocenters. The van der Waals surface area contributed by atoms with Gasteiger partial charge in [0.2, 0.25) is 0 Å². The van der Waals surface area contributed by atoms with Gasteiger partial charge in [0, 0.05) is 37.3 Å². The van der Waals surface area contributed by atoms with Gasteiger partial charge < -0.3 is 14.5 Å². The standard InChI is InChI=1S/C12H17NO2/c1-4-12(5-9-14-7-1)10-3-8-15-11(10)2-6-13-12/h3,8,13H,1-2,4-7,9H2. The van der Waals surface area contributed by atoms with E-state index in [0.717, 1.165) is 39.0 Å². The summed E-state index contributed by atoms with van der Waals surface area (Å²) in [5.74, 6) is 1.18. The van der Waals surface area contributed by atoms with Gasteiger partial charge in [0.15, 0.2) is 0 Å². The molecule has 1 fully saturated rings. The average Bonchev–Trinajstić information content (AvgIpc) is 2.62. The van der Waals surface area contributed by atoms with Crippen molar-refractivity contribution in [3.05, 3.63) is 23.7 Å². The van der Waals surface area contributed by atoms with Crippen LogP contribution in [0.3, 0.4) is 0 Å². The van der Waals surface area contributed by atoms with Gasteiger partial charge in [0.05, 0.1) is 6.26 Å². The number of fused-ring (bicyclic) bond motifs is 2. The smallest absolute Gasteiger partial charge is 0.110 e. The van der Waals surface area contributed by atoms with Gasteiger partial charge >= 0.3 is 0 Å². The van der Waals surface area contributed by atoms with Gasteiger partial charge in [-0.1, -0.05) is 0 Å². The van der Waals surface area contributed by atoms with Crippen LogP contribution >= 0.6 is 0 Å². The fourth-order valence-corrected chi connectivity index (χ4v) is 2.87. The van der Waals surface area contributed by atoms with E-state index >= 15 is 0 Å². The second-order valence-electron chi connectivity index (χ2n) is 4.48. The van der Waals surface area contributed by atoms with Crippen LogP contribution in [0.25, 0.3) is 0 Å². The molecule has 2 aliphatic heterocycles. The van der Waals surface area contributed by atoms with E-state index in [1.807, 2.05) is 6.26 Å². The zero-order chi connectivity index (χ0) is 10.1. The van der Waals surface area contributed by atoms with E-state index in [9.17, 15) is 0 Å². The SMILES string of the molecule is c1cc2c(o1)CCNC21CCCOCC1. The molecule has 1 spiro atoms. The van der Waals surface area contributed by atoms with Crippen molar-refractivity contribution in [2.45, 2.75) is 31.2 Å². The minimum absolute atomic E-state index is 0.136. The fourth-order valence-electron chi connectivity index (χ4n) is 2.87. The molecule has 0 amide bonds. The summed E-state index contributed by atoms with van der Waals surface area (Å²) in [5.41, 5.74) is 1.51. The molecule has 2 aliphatic rings. The molecule has 0 saturated carbocycles. The number of ether oxygens (including phenoxy) is 1. The molecule has 3 heterocycles. The highest BCUT2D eigenvalue weighted by Gasteiger charge is 2.38. The third-order valence-electron chi connectivity index (χ3n) is 3.64. The maximum atomic E-state index is 5.54. The molecule has 1 saturated heterocycles. The Morgan fingerprint density at radius 2 is 2.27 bits per heavy atom. The van der Waals surface area contributed by atoms with Gasteiger partial charge in [-0.2, -0.15) is 0 Å². The fraction of sp³-hybridized carbons (Fsp3) is 0.667. The molecule has 1 N–H and O–H groups in total. The first-order valence-electron chi connectivity index (χ1n) is 5.80. The molecular formula is C12H17NO2. The van der Waals surface area contributed by atoms with Crippen LogP contribution in [0.4, 0.5) is 0 Å². The number of hydrogen-bond donors (Lipinski definition) is 1. The Bertz CT molecular complexity index is 337. The van der Waals surface area contributed by atoms with E-state index < -0.39 is 0 Å². The minimum atomic E-state index is 0.136. The highest BCUT2D eigenvalue weighted by atomic mass is 16.5. The number of hydrogen-bond acceptors (Lipinski definition) is 3. The van der Waals surface area contributed by atoms with Crippen LogP contribution in [0.5, 0.6) is 0 Å². The summed E-state index contributed by atoms with van der Waals surface area (Å²) >= 11 is 0. The average molecular weight is 207 g/mol. The summed E-state index contributed by atoms with van der Waals surface area (Å²) in [5, 5.41) is 3.68. The lowest BCUT2D eigenvalue weighted by molar-refractivity contribution is 0.135. The Labute approximate surface area is 89.8 Å². The number of nitrogens with one attached hydrogen (secondary N) is 1. The number of furan rings is 1. The zero-order valence-electron chi connectivity index (χ0n) is 8.92. The Kier molecular flexibility index (Phi) is 2.29. The molecule has 1 atom stereocenters. The third-order valence-corrected chi connectivity index (χ3v) is 3.64. The first-order valence-corrected chi connectivity index (χ1v) is 5.80. The van der Waals surface area contributed by atoms with E-state index in [0.29, 0.717) is 0 Å². The molecule has 3 nitrogen and oxygen atoms in total. The van der Waals surface area contributed by atoms with Crippen molar-refractivity contribution in [2.75, 3.05) is 19.8 Å². The summed E-state index contributed by atoms with van der Waals surface area (Å²) in [6, 6.07) is 2.13. The summed E-state index contributed by atoms with van der Waals surface area (Å²) < 4.78 is 11.1. The second-order valence-corrected chi connectivity index (χ2v) is 4.48. The van der Waals surface area contributed by atoms with Gasteiger partial charge in [-0.15, -0.1) is 0 Å². The largest absolute Gasteiger partial charge is 0.469 e. The molecule has 82 valence electrons. The van der Waals surface area contributed by atoms with Crippen molar-refractivity contribution in [1.29, 1.82) is 0 Å². The van der Waals surface area contributed by atoms with Crippen molar-refractivity contribution < 1.29 is 9.15 Å². The van der Waals surface area contributed by atoms with E-state index in [4.69, 9.17) is 9.15 Å². The molecular weight excluding hydrogens is 190 g/mol. The van der Waals surface area contributed by atoms with E-state index in [1.54, 1.807) is 0 Å². The Hall–Kier alpha value is -0.800. The van der Waals surface area contributed by atoms with Crippen LogP contribution in [-0.2, 0) is 16.7 Å². The van der Waals surface area contributed by atoms with Crippen molar-refractivity contribution in [1.82, 2.24) is 5.32 Å². The normalized spacial score (nSPS) is 31.2. The Morgan fingerprint density at radius 3 is 3.27 bits per heavy atom. The van der Waals surface area contributed by atoms with Gasteiger partial charge in [-0.3, -0.25) is 0 Å². The zero-order valence-corrected chi connectivity index (χ0v) is 8.92. The Morgan fingerprint density at radius 1 is 1.27 bits per heavy atom. The quantitative estimate of drug-likeness (QED) is 0.704. The molecule has 0 aromatic carbocycles. The van der Waals surface area contributed by atoms with Gasteiger partial charge in [-0.25, -0.2) is 0 Å². The highest BCUT2D eigenvalue weighted by Crippen LogP contribution is 2.37. The van der Waals surface area contributed by atoms with Crippen LogP contribution in [0.2, 0.25) is 0 Å². The molecule has 0 radical (unpaired) electrons. The molecule has 15 heavy (non-hydrogen) atoms. The lowest BCUT2D eigenvalue weighted by Crippen LogP contribution is -2.47. The Balaban J connectivity index is 1.98. The predicted molar refractivity (Wildman–Crippen MR) is 56.8 cm³/mol. The van der Waals surface area contributed by atoms with Crippen molar-refractivity contribution in [3.8, 4) is 0 Å². The highest BCUT2D eigenvalue weighted by molar-refractivity contribution is 5.30. The van der Waals surface area contributed by atoms with Gasteiger partial charge in [0.1, 0.15) is 5.76 Å². The topological polar surface area (TPSA) is 34.4 Å². The molecule has 0 bridgehead atoms. The summed E-state index contributed by atoms with van der Waals surface area (Å²) in [4.78, 5) is 0. The number of rotatable bonds is 0. The van der Waals surface area contributed by atoms with Crippen LogP contribution in [-0.4, -0.2) is 19.8 Å². The molecule has 3 heteroatoms. The molecule has 1 aromatic heterocycles. The monoisotopic (exact) mass is 207 g/mol. The van der Waals surface area contributed by atoms with Crippen LogP contribution in [0.1, 0.15) is 30.6 Å². The lowest BCUT2D eigenvalue weighted by Gasteiger charge is -2.37. The third kappa shape index (κ3) is 1.50. The maximum absolute atomic E-state index is 5.54. The van der Waals surface area contributed by atoms with Crippen molar-refractivity contribution in [3.63, 3.8) is 0 Å². The summed E-state index contributed by atoms with van der Waals surface area (Å²) in [6.07, 6.45) is 6.22. The van der Waals surface area contributed by atoms with E-state index in [1.165, 1.54) is 17.7 Å². The molecule has 3 rings (SSSR count). The lowest BCUT2D eigenvalue weighted by atomic mass is 9.80. The second kappa shape index (κ2) is 3.65. The van der Waals surface area contributed by atoms with Gasteiger partial charge in [-0.05, 0) is 25.3 Å². The minimum Gasteiger partial charge on any atom is -0.469 e. The predicted octanol–water partition coefficient (Wildman–Crippen LogP) is 1.82. The first-order chi connectivity index (χ1) is 7.41. The van der Waals surface area contributed by atoms with Crippen LogP contribution < -0.4 is 5.32 Å². The maximum Gasteiger partial charge on any atom is 0.110 e. The van der Waals surface area contributed by atoms with Crippen LogP contribution in [0.15, 0.2) is 16.7 Å². The summed E-state index contributed by atoms with van der Waals surface area (Å²) in [7, 11) is 0. The van der Waals surface area contributed by atoms with E-state index in [2.05, 4.69) is 11.4 Å². The molecule has 0 aliphatic carbocycles. The van der Waals surface area contributed by atoms with Crippen molar-refractivity contribution in [2.24, 2.45) is 0 Å². The summed E-state index contributed by atoms with van der Waals surface area (Å²) in [6.45, 7) is 2.79. The first kappa shape index (κ1) is 9.43. The van der Waals surface area contributed by atoms with Crippen molar-refractivity contribution >= 4 is 0 Å².